The minimum Gasteiger partial charge on any atom is -0.504 e. The summed E-state index contributed by atoms with van der Waals surface area (Å²) < 4.78 is 5.17. The molecule has 106 valence electrons. The van der Waals surface area contributed by atoms with Crippen molar-refractivity contribution >= 4 is 40.2 Å². The van der Waals surface area contributed by atoms with Crippen LogP contribution in [0.1, 0.15) is 5.56 Å². The second kappa shape index (κ2) is 6.10. The third-order valence-corrected chi connectivity index (χ3v) is 3.82. The van der Waals surface area contributed by atoms with E-state index in [9.17, 15) is 14.7 Å². The zero-order chi connectivity index (χ0) is 14.7. The SMILES string of the molecule is COc1cc(CC(=O)ON2C(=O)CSC2=S)ccc1O. The predicted molar refractivity (Wildman–Crippen MR) is 76.4 cm³/mol. The number of nitrogens with zero attached hydrogens (tertiary/aromatic N) is 1. The van der Waals surface area contributed by atoms with Gasteiger partial charge in [0.25, 0.3) is 5.91 Å². The minimum atomic E-state index is -0.615. The number of phenolic OH excluding ortho intramolecular Hbond substituents is 1. The number of carbonyl (C=O) groups is 2. The van der Waals surface area contributed by atoms with Crippen LogP contribution < -0.4 is 4.74 Å². The first-order chi connectivity index (χ1) is 9.51. The fraction of sp³-hybridized carbons (Fsp3) is 0.250. The second-order valence-electron chi connectivity index (χ2n) is 3.89. The molecular formula is C12H11NO5S2. The first kappa shape index (κ1) is 14.6. The van der Waals surface area contributed by atoms with Crippen molar-refractivity contribution in [1.29, 1.82) is 0 Å². The number of amides is 1. The number of rotatable bonds is 4. The number of thiocarbonyl (C=S) groups is 1. The Kier molecular flexibility index (Phi) is 4.46. The second-order valence-corrected chi connectivity index (χ2v) is 5.50. The maximum Gasteiger partial charge on any atom is 0.337 e. The molecule has 1 aliphatic heterocycles. The number of hydrogen-bond donors (Lipinski definition) is 1. The molecule has 0 bridgehead atoms. The van der Waals surface area contributed by atoms with Crippen LogP contribution in [0.4, 0.5) is 0 Å². The Morgan fingerprint density at radius 2 is 2.30 bits per heavy atom. The van der Waals surface area contributed by atoms with Gasteiger partial charge in [-0.2, -0.15) is 0 Å². The average Bonchev–Trinajstić information content (AvgIpc) is 2.72. The molecular weight excluding hydrogens is 302 g/mol. The Hall–Kier alpha value is -1.80. The molecule has 1 N–H and O–H groups in total. The highest BCUT2D eigenvalue weighted by molar-refractivity contribution is 8.23. The normalized spacial score (nSPS) is 14.6. The average molecular weight is 313 g/mol. The maximum absolute atomic E-state index is 11.8. The number of benzene rings is 1. The topological polar surface area (TPSA) is 76.1 Å². The van der Waals surface area contributed by atoms with E-state index in [0.29, 0.717) is 5.56 Å². The van der Waals surface area contributed by atoms with Crippen molar-refractivity contribution in [3.05, 3.63) is 23.8 Å². The smallest absolute Gasteiger partial charge is 0.337 e. The van der Waals surface area contributed by atoms with E-state index in [4.69, 9.17) is 21.8 Å². The van der Waals surface area contributed by atoms with Crippen LogP contribution in [-0.4, -0.2) is 39.2 Å². The summed E-state index contributed by atoms with van der Waals surface area (Å²) in [6.07, 6.45) is -0.0618. The molecule has 6 nitrogen and oxygen atoms in total. The highest BCUT2D eigenvalue weighted by Gasteiger charge is 2.30. The monoisotopic (exact) mass is 313 g/mol. The van der Waals surface area contributed by atoms with Gasteiger partial charge in [0, 0.05) is 0 Å². The molecule has 1 amide bonds. The van der Waals surface area contributed by atoms with E-state index in [1.165, 1.54) is 19.2 Å². The molecule has 1 aromatic carbocycles. The molecule has 1 saturated heterocycles. The Balaban J connectivity index is 2.01. The van der Waals surface area contributed by atoms with E-state index in [-0.39, 0.29) is 33.9 Å². The molecule has 0 radical (unpaired) electrons. The predicted octanol–water partition coefficient (Wildman–Crippen LogP) is 1.26. The quantitative estimate of drug-likeness (QED) is 0.839. The lowest BCUT2D eigenvalue weighted by molar-refractivity contribution is -0.178. The van der Waals surface area contributed by atoms with Gasteiger partial charge in [0.1, 0.15) is 0 Å². The van der Waals surface area contributed by atoms with Crippen molar-refractivity contribution in [3.63, 3.8) is 0 Å². The van der Waals surface area contributed by atoms with E-state index < -0.39 is 5.97 Å². The summed E-state index contributed by atoms with van der Waals surface area (Å²) in [7, 11) is 1.41. The summed E-state index contributed by atoms with van der Waals surface area (Å²) >= 11 is 6.04. The van der Waals surface area contributed by atoms with Crippen LogP contribution in [0.3, 0.4) is 0 Å². The van der Waals surface area contributed by atoms with Gasteiger partial charge in [-0.3, -0.25) is 4.79 Å². The lowest BCUT2D eigenvalue weighted by atomic mass is 10.1. The molecule has 0 spiro atoms. The van der Waals surface area contributed by atoms with Gasteiger partial charge in [-0.25, -0.2) is 4.79 Å². The summed E-state index contributed by atoms with van der Waals surface area (Å²) in [5, 5.41) is 10.3. The van der Waals surface area contributed by atoms with Gasteiger partial charge in [-0.1, -0.05) is 17.8 Å². The van der Waals surface area contributed by atoms with Crippen molar-refractivity contribution in [3.8, 4) is 11.5 Å². The lowest BCUT2D eigenvalue weighted by Crippen LogP contribution is -2.32. The highest BCUT2D eigenvalue weighted by Crippen LogP contribution is 2.26. The number of phenols is 1. The van der Waals surface area contributed by atoms with Crippen LogP contribution in [0, 0.1) is 0 Å². The van der Waals surface area contributed by atoms with Crippen LogP contribution in [0.5, 0.6) is 11.5 Å². The van der Waals surface area contributed by atoms with Gasteiger partial charge < -0.3 is 14.7 Å². The summed E-state index contributed by atoms with van der Waals surface area (Å²) in [5.41, 5.74) is 0.592. The Morgan fingerprint density at radius 3 is 2.90 bits per heavy atom. The van der Waals surface area contributed by atoms with Crippen molar-refractivity contribution in [2.24, 2.45) is 0 Å². The molecule has 2 rings (SSSR count). The number of hydroxylamine groups is 2. The summed E-state index contributed by atoms with van der Waals surface area (Å²) in [4.78, 5) is 28.1. The third-order valence-electron chi connectivity index (χ3n) is 2.50. The third kappa shape index (κ3) is 3.20. The van der Waals surface area contributed by atoms with E-state index in [1.807, 2.05) is 0 Å². The van der Waals surface area contributed by atoms with Crippen LogP contribution in [0.25, 0.3) is 0 Å². The number of methoxy groups -OCH3 is 1. The van der Waals surface area contributed by atoms with Gasteiger partial charge in [-0.05, 0) is 29.9 Å². The van der Waals surface area contributed by atoms with Gasteiger partial charge in [0.05, 0.1) is 19.3 Å². The van der Waals surface area contributed by atoms with Gasteiger partial charge in [-0.15, -0.1) is 5.06 Å². The standard InChI is InChI=1S/C12H11NO5S2/c1-17-9-4-7(2-3-8(9)14)5-11(16)18-13-10(15)6-20-12(13)19/h2-4,14H,5-6H2,1H3. The molecule has 1 fully saturated rings. The Morgan fingerprint density at radius 1 is 1.55 bits per heavy atom. The molecule has 8 heteroatoms. The molecule has 20 heavy (non-hydrogen) atoms. The van der Waals surface area contributed by atoms with Gasteiger partial charge in [0.2, 0.25) is 0 Å². The number of hydrogen-bond acceptors (Lipinski definition) is 7. The summed E-state index contributed by atoms with van der Waals surface area (Å²) in [6.45, 7) is 0. The first-order valence-corrected chi connectivity index (χ1v) is 6.97. The largest absolute Gasteiger partial charge is 0.504 e. The highest BCUT2D eigenvalue weighted by atomic mass is 32.2. The number of ether oxygens (including phenoxy) is 1. The van der Waals surface area contributed by atoms with Crippen molar-refractivity contribution in [2.75, 3.05) is 12.9 Å². The number of thioether (sulfide) groups is 1. The molecule has 0 saturated carbocycles. The number of carbonyl (C=O) groups excluding carboxylic acids is 2. The van der Waals surface area contributed by atoms with Crippen LogP contribution in [-0.2, 0) is 20.8 Å². The zero-order valence-corrected chi connectivity index (χ0v) is 12.1. The fourth-order valence-electron chi connectivity index (χ4n) is 1.56. The fourth-order valence-corrected chi connectivity index (χ4v) is 2.50. The maximum atomic E-state index is 11.8. The van der Waals surface area contributed by atoms with Gasteiger partial charge in [0.15, 0.2) is 15.8 Å². The lowest BCUT2D eigenvalue weighted by Gasteiger charge is -2.13. The number of aromatic hydroxyl groups is 1. The van der Waals surface area contributed by atoms with Crippen LogP contribution in [0.2, 0.25) is 0 Å². The van der Waals surface area contributed by atoms with Crippen molar-refractivity contribution in [2.45, 2.75) is 6.42 Å². The van der Waals surface area contributed by atoms with E-state index in [2.05, 4.69) is 0 Å². The summed E-state index contributed by atoms with van der Waals surface area (Å²) in [6, 6.07) is 4.51. The van der Waals surface area contributed by atoms with Crippen molar-refractivity contribution < 1.29 is 24.3 Å². The summed E-state index contributed by atoms with van der Waals surface area (Å²) in [5.74, 6) is -0.540. The molecule has 1 aliphatic rings. The van der Waals surface area contributed by atoms with Gasteiger partial charge >= 0.3 is 5.97 Å². The van der Waals surface area contributed by atoms with E-state index in [1.54, 1.807) is 6.07 Å². The minimum absolute atomic E-state index is 0.0167. The Bertz CT molecular complexity index is 559. The molecule has 0 aliphatic carbocycles. The molecule has 0 unspecified atom stereocenters. The van der Waals surface area contributed by atoms with Crippen LogP contribution >= 0.6 is 24.0 Å². The Labute approximate surface area is 124 Å². The molecule has 1 aromatic rings. The van der Waals surface area contributed by atoms with E-state index in [0.717, 1.165) is 16.8 Å². The molecule has 0 aromatic heterocycles. The van der Waals surface area contributed by atoms with Crippen LogP contribution in [0.15, 0.2) is 18.2 Å². The molecule has 0 atom stereocenters. The zero-order valence-electron chi connectivity index (χ0n) is 10.5. The van der Waals surface area contributed by atoms with Crippen molar-refractivity contribution in [1.82, 2.24) is 5.06 Å². The molecule has 1 heterocycles. The van der Waals surface area contributed by atoms with E-state index >= 15 is 0 Å². The first-order valence-electron chi connectivity index (χ1n) is 5.57.